The SMILES string of the molecule is COC(=O)CN1C(=O)S/C(=C\c2ccc(OCc3cccc4ccccc34)c(Br)c2)C1=O. The third-order valence-corrected chi connectivity index (χ3v) is 6.43. The Morgan fingerprint density at radius 2 is 1.88 bits per heavy atom. The van der Waals surface area contributed by atoms with Gasteiger partial charge in [0.15, 0.2) is 0 Å². The molecule has 0 spiro atoms. The van der Waals surface area contributed by atoms with Crippen molar-refractivity contribution in [2.45, 2.75) is 6.61 Å². The molecular formula is C24H18BrNO5S. The fourth-order valence-electron chi connectivity index (χ4n) is 3.28. The van der Waals surface area contributed by atoms with Crippen molar-refractivity contribution in [3.8, 4) is 5.75 Å². The molecular weight excluding hydrogens is 494 g/mol. The summed E-state index contributed by atoms with van der Waals surface area (Å²) >= 11 is 4.31. The van der Waals surface area contributed by atoms with Crippen LogP contribution in [-0.2, 0) is 20.9 Å². The number of carbonyl (C=O) groups excluding carboxylic acids is 3. The van der Waals surface area contributed by atoms with Crippen LogP contribution in [0.5, 0.6) is 5.75 Å². The Morgan fingerprint density at radius 1 is 1.09 bits per heavy atom. The number of ether oxygens (including phenoxy) is 2. The van der Waals surface area contributed by atoms with Crippen LogP contribution >= 0.6 is 27.7 Å². The number of amides is 2. The average molecular weight is 512 g/mol. The fourth-order valence-corrected chi connectivity index (χ4v) is 4.63. The molecule has 0 aliphatic carbocycles. The maximum Gasteiger partial charge on any atom is 0.325 e. The molecule has 162 valence electrons. The van der Waals surface area contributed by atoms with Crippen LogP contribution in [0.2, 0.25) is 0 Å². The lowest BCUT2D eigenvalue weighted by molar-refractivity contribution is -0.143. The molecule has 0 N–H and O–H groups in total. The number of imide groups is 1. The standard InChI is InChI=1S/C24H18BrNO5S/c1-30-22(27)13-26-23(28)21(32-24(26)29)12-15-9-10-20(19(25)11-15)31-14-17-7-4-6-16-5-2-3-8-18(16)17/h2-12H,13-14H2,1H3/b21-12-. The van der Waals surface area contributed by atoms with E-state index in [1.54, 1.807) is 18.2 Å². The van der Waals surface area contributed by atoms with E-state index in [1.165, 1.54) is 7.11 Å². The van der Waals surface area contributed by atoms with Gasteiger partial charge in [-0.2, -0.15) is 0 Å². The minimum Gasteiger partial charge on any atom is -0.488 e. The number of halogens is 1. The van der Waals surface area contributed by atoms with Crippen molar-refractivity contribution in [3.05, 3.63) is 81.2 Å². The molecule has 32 heavy (non-hydrogen) atoms. The van der Waals surface area contributed by atoms with Gasteiger partial charge in [-0.3, -0.25) is 19.3 Å². The molecule has 0 radical (unpaired) electrons. The molecule has 3 aromatic rings. The smallest absolute Gasteiger partial charge is 0.325 e. The normalized spacial score (nSPS) is 14.9. The molecule has 1 saturated heterocycles. The Bertz CT molecular complexity index is 1250. The summed E-state index contributed by atoms with van der Waals surface area (Å²) in [6, 6.07) is 19.7. The number of thioether (sulfide) groups is 1. The number of benzene rings is 3. The van der Waals surface area contributed by atoms with Gasteiger partial charge in [0.2, 0.25) is 0 Å². The van der Waals surface area contributed by atoms with Crippen LogP contribution in [-0.4, -0.2) is 35.7 Å². The second-order valence-corrected chi connectivity index (χ2v) is 8.81. The van der Waals surface area contributed by atoms with Crippen LogP contribution in [0.4, 0.5) is 4.79 Å². The van der Waals surface area contributed by atoms with Gasteiger partial charge in [0.05, 0.1) is 16.5 Å². The fraction of sp³-hybridized carbons (Fsp3) is 0.125. The van der Waals surface area contributed by atoms with Crippen LogP contribution < -0.4 is 4.74 Å². The zero-order valence-corrected chi connectivity index (χ0v) is 19.4. The van der Waals surface area contributed by atoms with Crippen LogP contribution in [0.1, 0.15) is 11.1 Å². The first-order chi connectivity index (χ1) is 15.5. The van der Waals surface area contributed by atoms with E-state index in [2.05, 4.69) is 38.9 Å². The van der Waals surface area contributed by atoms with Crippen molar-refractivity contribution in [2.75, 3.05) is 13.7 Å². The Kier molecular flexibility index (Phi) is 6.62. The van der Waals surface area contributed by atoms with Crippen molar-refractivity contribution in [1.82, 2.24) is 4.90 Å². The molecule has 0 atom stereocenters. The van der Waals surface area contributed by atoms with Crippen LogP contribution in [0.15, 0.2) is 70.0 Å². The third kappa shape index (κ3) is 4.71. The lowest BCUT2D eigenvalue weighted by Gasteiger charge is -2.11. The zero-order chi connectivity index (χ0) is 22.7. The van der Waals surface area contributed by atoms with Gasteiger partial charge in [-0.05, 0) is 67.8 Å². The predicted octanol–water partition coefficient (Wildman–Crippen LogP) is 5.39. The van der Waals surface area contributed by atoms with Crippen molar-refractivity contribution in [2.24, 2.45) is 0 Å². The number of nitrogens with zero attached hydrogens (tertiary/aromatic N) is 1. The predicted molar refractivity (Wildman–Crippen MR) is 127 cm³/mol. The quantitative estimate of drug-likeness (QED) is 0.326. The van der Waals surface area contributed by atoms with Gasteiger partial charge in [0.1, 0.15) is 18.9 Å². The molecule has 1 fully saturated rings. The van der Waals surface area contributed by atoms with Gasteiger partial charge in [0.25, 0.3) is 11.1 Å². The van der Waals surface area contributed by atoms with E-state index in [4.69, 9.17) is 4.74 Å². The van der Waals surface area contributed by atoms with E-state index in [0.717, 1.165) is 43.0 Å². The summed E-state index contributed by atoms with van der Waals surface area (Å²) in [6.07, 6.45) is 1.61. The van der Waals surface area contributed by atoms with Crippen LogP contribution in [0, 0.1) is 0 Å². The highest BCUT2D eigenvalue weighted by molar-refractivity contribution is 9.10. The lowest BCUT2D eigenvalue weighted by Crippen LogP contribution is -2.34. The lowest BCUT2D eigenvalue weighted by atomic mass is 10.1. The van der Waals surface area contributed by atoms with Gasteiger partial charge >= 0.3 is 5.97 Å². The number of rotatable bonds is 6. The van der Waals surface area contributed by atoms with E-state index >= 15 is 0 Å². The highest BCUT2D eigenvalue weighted by atomic mass is 79.9. The number of hydrogen-bond donors (Lipinski definition) is 0. The summed E-state index contributed by atoms with van der Waals surface area (Å²) in [6.45, 7) is 0.00879. The maximum absolute atomic E-state index is 12.5. The molecule has 1 aliphatic heterocycles. The molecule has 8 heteroatoms. The molecule has 0 aromatic heterocycles. The van der Waals surface area contributed by atoms with Crippen molar-refractivity contribution >= 4 is 61.7 Å². The highest BCUT2D eigenvalue weighted by Gasteiger charge is 2.36. The topological polar surface area (TPSA) is 72.9 Å². The van der Waals surface area contributed by atoms with E-state index in [0.29, 0.717) is 12.4 Å². The number of hydrogen-bond acceptors (Lipinski definition) is 6. The number of esters is 1. The van der Waals surface area contributed by atoms with Gasteiger partial charge in [0, 0.05) is 0 Å². The van der Waals surface area contributed by atoms with Crippen LogP contribution in [0.25, 0.3) is 16.8 Å². The van der Waals surface area contributed by atoms with E-state index in [-0.39, 0.29) is 4.91 Å². The summed E-state index contributed by atoms with van der Waals surface area (Å²) < 4.78 is 11.3. The van der Waals surface area contributed by atoms with Gasteiger partial charge in [-0.25, -0.2) is 0 Å². The largest absolute Gasteiger partial charge is 0.488 e. The molecule has 1 aliphatic rings. The molecule has 1 heterocycles. The minimum absolute atomic E-state index is 0.246. The molecule has 3 aromatic carbocycles. The molecule has 6 nitrogen and oxygen atoms in total. The second-order valence-electron chi connectivity index (χ2n) is 6.96. The van der Waals surface area contributed by atoms with Gasteiger partial charge in [-0.15, -0.1) is 0 Å². The third-order valence-electron chi connectivity index (χ3n) is 4.91. The Hall–Kier alpha value is -3.10. The van der Waals surface area contributed by atoms with Gasteiger partial charge in [-0.1, -0.05) is 48.5 Å². The van der Waals surface area contributed by atoms with E-state index < -0.39 is 23.7 Å². The highest BCUT2D eigenvalue weighted by Crippen LogP contribution is 2.34. The van der Waals surface area contributed by atoms with Crippen molar-refractivity contribution < 1.29 is 23.9 Å². The zero-order valence-electron chi connectivity index (χ0n) is 17.0. The summed E-state index contributed by atoms with van der Waals surface area (Å²) in [5.74, 6) is -0.504. The molecule has 0 saturated carbocycles. The monoisotopic (exact) mass is 511 g/mol. The first-order valence-electron chi connectivity index (χ1n) is 9.67. The number of methoxy groups -OCH3 is 1. The Labute approximate surface area is 197 Å². The number of carbonyl (C=O) groups is 3. The molecule has 0 unspecified atom stereocenters. The summed E-state index contributed by atoms with van der Waals surface area (Å²) in [4.78, 5) is 37.1. The van der Waals surface area contributed by atoms with Crippen LogP contribution in [0.3, 0.4) is 0 Å². The van der Waals surface area contributed by atoms with Crippen molar-refractivity contribution in [3.63, 3.8) is 0 Å². The summed E-state index contributed by atoms with van der Waals surface area (Å²) in [5, 5.41) is 1.80. The first-order valence-corrected chi connectivity index (χ1v) is 11.3. The Morgan fingerprint density at radius 3 is 2.66 bits per heavy atom. The second kappa shape index (κ2) is 9.58. The molecule has 4 rings (SSSR count). The first kappa shape index (κ1) is 22.1. The summed E-state index contributed by atoms with van der Waals surface area (Å²) in [7, 11) is 1.21. The maximum atomic E-state index is 12.5. The Balaban J connectivity index is 1.48. The van der Waals surface area contributed by atoms with Crippen molar-refractivity contribution in [1.29, 1.82) is 0 Å². The van der Waals surface area contributed by atoms with E-state index in [9.17, 15) is 14.4 Å². The molecule has 0 bridgehead atoms. The minimum atomic E-state index is -0.649. The number of fused-ring (bicyclic) bond motifs is 1. The molecule has 2 amide bonds. The van der Waals surface area contributed by atoms with Gasteiger partial charge < -0.3 is 9.47 Å². The van der Waals surface area contributed by atoms with E-state index in [1.807, 2.05) is 30.3 Å². The summed E-state index contributed by atoms with van der Waals surface area (Å²) in [5.41, 5.74) is 1.80. The average Bonchev–Trinajstić information content (AvgIpc) is 3.05.